The second kappa shape index (κ2) is 7.66. The molecule has 0 aromatic heterocycles. The molecular formula is C18H25N3O3. The first-order valence-corrected chi connectivity index (χ1v) is 8.58. The van der Waals surface area contributed by atoms with Crippen LogP contribution in [0.2, 0.25) is 0 Å². The number of amides is 1. The fourth-order valence-electron chi connectivity index (χ4n) is 3.49. The van der Waals surface area contributed by atoms with Crippen molar-refractivity contribution in [1.29, 1.82) is 0 Å². The molecule has 24 heavy (non-hydrogen) atoms. The van der Waals surface area contributed by atoms with E-state index in [9.17, 15) is 9.59 Å². The minimum absolute atomic E-state index is 0.0674. The molecule has 130 valence electrons. The molecule has 0 unspecified atom stereocenters. The summed E-state index contributed by atoms with van der Waals surface area (Å²) in [4.78, 5) is 28.3. The van der Waals surface area contributed by atoms with Gasteiger partial charge < -0.3 is 19.9 Å². The van der Waals surface area contributed by atoms with Crippen molar-refractivity contribution in [3.8, 4) is 0 Å². The number of para-hydroxylation sites is 1. The number of benzene rings is 1. The molecule has 1 amide bonds. The second-order valence-electron chi connectivity index (χ2n) is 6.41. The summed E-state index contributed by atoms with van der Waals surface area (Å²) in [5.41, 5.74) is 2.37. The first kappa shape index (κ1) is 16.8. The molecule has 6 heteroatoms. The van der Waals surface area contributed by atoms with Gasteiger partial charge in [0.1, 0.15) is 0 Å². The van der Waals surface area contributed by atoms with Crippen molar-refractivity contribution in [2.45, 2.75) is 19.4 Å². The van der Waals surface area contributed by atoms with E-state index < -0.39 is 0 Å². The predicted octanol–water partition coefficient (Wildman–Crippen LogP) is 1.01. The number of esters is 1. The van der Waals surface area contributed by atoms with Crippen molar-refractivity contribution in [2.24, 2.45) is 5.92 Å². The molecule has 1 saturated heterocycles. The van der Waals surface area contributed by atoms with Crippen LogP contribution < -0.4 is 10.2 Å². The molecule has 1 N–H and O–H groups in total. The van der Waals surface area contributed by atoms with E-state index in [-0.39, 0.29) is 17.8 Å². The van der Waals surface area contributed by atoms with Crippen LogP contribution in [0, 0.1) is 5.92 Å². The van der Waals surface area contributed by atoms with Crippen LogP contribution in [0.25, 0.3) is 0 Å². The zero-order valence-corrected chi connectivity index (χ0v) is 14.2. The Labute approximate surface area is 142 Å². The number of nitrogens with one attached hydrogen (secondary N) is 1. The summed E-state index contributed by atoms with van der Waals surface area (Å²) in [6.45, 7) is 4.18. The number of methoxy groups -OCH3 is 1. The zero-order chi connectivity index (χ0) is 16.9. The number of likely N-dealkylation sites (tertiary alicyclic amines) is 1. The molecule has 1 aromatic rings. The summed E-state index contributed by atoms with van der Waals surface area (Å²) in [6.07, 6.45) is 1.38. The lowest BCUT2D eigenvalue weighted by molar-refractivity contribution is -0.148. The first-order valence-electron chi connectivity index (χ1n) is 8.58. The summed E-state index contributed by atoms with van der Waals surface area (Å²) in [6, 6.07) is 8.24. The average molecular weight is 331 g/mol. The molecule has 0 radical (unpaired) electrons. The maximum atomic E-state index is 12.7. The number of rotatable bonds is 3. The number of hydrogen-bond donors (Lipinski definition) is 1. The van der Waals surface area contributed by atoms with Crippen LogP contribution >= 0.6 is 0 Å². The molecule has 0 spiro atoms. The molecule has 2 aliphatic heterocycles. The van der Waals surface area contributed by atoms with Gasteiger partial charge in [-0.2, -0.15) is 0 Å². The molecule has 1 fully saturated rings. The fraction of sp³-hybridized carbons (Fsp3) is 0.556. The number of hydrogen-bond acceptors (Lipinski definition) is 5. The molecule has 6 nitrogen and oxygen atoms in total. The molecule has 0 saturated carbocycles. The average Bonchev–Trinajstić information content (AvgIpc) is 2.83. The van der Waals surface area contributed by atoms with Gasteiger partial charge in [-0.1, -0.05) is 18.2 Å². The van der Waals surface area contributed by atoms with Crippen molar-refractivity contribution >= 4 is 17.6 Å². The maximum absolute atomic E-state index is 12.7. The minimum Gasteiger partial charge on any atom is -0.469 e. The maximum Gasteiger partial charge on any atom is 0.308 e. The summed E-state index contributed by atoms with van der Waals surface area (Å²) >= 11 is 0. The normalized spacial score (nSPS) is 18.7. The highest BCUT2D eigenvalue weighted by atomic mass is 16.5. The Hall–Kier alpha value is -2.08. The Kier molecular flexibility index (Phi) is 5.35. The van der Waals surface area contributed by atoms with Gasteiger partial charge in [0, 0.05) is 38.4 Å². The van der Waals surface area contributed by atoms with Crippen LogP contribution in [0.3, 0.4) is 0 Å². The largest absolute Gasteiger partial charge is 0.469 e. The van der Waals surface area contributed by atoms with Crippen LogP contribution in [0.4, 0.5) is 5.69 Å². The highest BCUT2D eigenvalue weighted by Gasteiger charge is 2.29. The monoisotopic (exact) mass is 331 g/mol. The molecule has 0 aliphatic carbocycles. The Bertz CT molecular complexity index is 597. The van der Waals surface area contributed by atoms with Crippen LogP contribution in [0.1, 0.15) is 18.4 Å². The topological polar surface area (TPSA) is 61.9 Å². The minimum atomic E-state index is -0.158. The Balaban J connectivity index is 1.60. The summed E-state index contributed by atoms with van der Waals surface area (Å²) in [7, 11) is 1.42. The standard InChI is InChI=1S/C18H25N3O3/c1-24-18(23)14-6-9-20(10-7-14)17(22)13-21-11-8-19-12-15-4-2-3-5-16(15)21/h2-5,14,19H,6-13H2,1H3. The van der Waals surface area contributed by atoms with Crippen molar-refractivity contribution in [2.75, 3.05) is 44.7 Å². The molecule has 0 atom stereocenters. The lowest BCUT2D eigenvalue weighted by atomic mass is 9.97. The lowest BCUT2D eigenvalue weighted by Gasteiger charge is -2.33. The van der Waals surface area contributed by atoms with E-state index in [0.29, 0.717) is 32.5 Å². The Morgan fingerprint density at radius 2 is 1.96 bits per heavy atom. The van der Waals surface area contributed by atoms with Gasteiger partial charge in [0.25, 0.3) is 0 Å². The van der Waals surface area contributed by atoms with Gasteiger partial charge >= 0.3 is 5.97 Å². The lowest BCUT2D eigenvalue weighted by Crippen LogP contribution is -2.46. The number of ether oxygens (including phenoxy) is 1. The van der Waals surface area contributed by atoms with Gasteiger partial charge in [-0.05, 0) is 24.5 Å². The smallest absolute Gasteiger partial charge is 0.308 e. The van der Waals surface area contributed by atoms with E-state index in [2.05, 4.69) is 22.3 Å². The van der Waals surface area contributed by atoms with Gasteiger partial charge in [-0.25, -0.2) is 0 Å². The highest BCUT2D eigenvalue weighted by Crippen LogP contribution is 2.23. The third-order valence-corrected chi connectivity index (χ3v) is 4.91. The van der Waals surface area contributed by atoms with Gasteiger partial charge in [-0.3, -0.25) is 9.59 Å². The van der Waals surface area contributed by atoms with E-state index in [1.54, 1.807) is 0 Å². The second-order valence-corrected chi connectivity index (χ2v) is 6.41. The molecule has 2 heterocycles. The third kappa shape index (κ3) is 3.70. The molecule has 0 bridgehead atoms. The Morgan fingerprint density at radius 1 is 1.21 bits per heavy atom. The van der Waals surface area contributed by atoms with Crippen LogP contribution in [-0.2, 0) is 20.9 Å². The van der Waals surface area contributed by atoms with Gasteiger partial charge in [0.05, 0.1) is 19.6 Å². The van der Waals surface area contributed by atoms with Gasteiger partial charge in [-0.15, -0.1) is 0 Å². The Morgan fingerprint density at radius 3 is 2.71 bits per heavy atom. The number of anilines is 1. The highest BCUT2D eigenvalue weighted by molar-refractivity contribution is 5.82. The fourth-order valence-corrected chi connectivity index (χ4v) is 3.49. The number of carbonyl (C=O) groups excluding carboxylic acids is 2. The van der Waals surface area contributed by atoms with Crippen LogP contribution in [0.15, 0.2) is 24.3 Å². The van der Waals surface area contributed by atoms with E-state index in [4.69, 9.17) is 4.74 Å². The summed E-state index contributed by atoms with van der Waals surface area (Å²) < 4.78 is 4.80. The van der Waals surface area contributed by atoms with E-state index in [0.717, 1.165) is 25.3 Å². The van der Waals surface area contributed by atoms with Gasteiger partial charge in [0.2, 0.25) is 5.91 Å². The summed E-state index contributed by atoms with van der Waals surface area (Å²) in [5.74, 6) is -0.0909. The first-order chi connectivity index (χ1) is 11.7. The van der Waals surface area contributed by atoms with E-state index in [1.807, 2.05) is 17.0 Å². The number of carbonyl (C=O) groups is 2. The molecule has 3 rings (SSSR count). The van der Waals surface area contributed by atoms with Crippen molar-refractivity contribution in [1.82, 2.24) is 10.2 Å². The quantitative estimate of drug-likeness (QED) is 0.838. The van der Waals surface area contributed by atoms with E-state index >= 15 is 0 Å². The van der Waals surface area contributed by atoms with E-state index in [1.165, 1.54) is 12.7 Å². The van der Waals surface area contributed by atoms with Gasteiger partial charge in [0.15, 0.2) is 0 Å². The van der Waals surface area contributed by atoms with Crippen LogP contribution in [0.5, 0.6) is 0 Å². The van der Waals surface area contributed by atoms with Crippen molar-refractivity contribution in [3.63, 3.8) is 0 Å². The third-order valence-electron chi connectivity index (χ3n) is 4.91. The summed E-state index contributed by atoms with van der Waals surface area (Å²) in [5, 5.41) is 3.39. The molecular weight excluding hydrogens is 306 g/mol. The molecule has 2 aliphatic rings. The SMILES string of the molecule is COC(=O)C1CCN(C(=O)CN2CCNCc3ccccc32)CC1. The van der Waals surface area contributed by atoms with Crippen LogP contribution in [-0.4, -0.2) is 56.6 Å². The number of nitrogens with zero attached hydrogens (tertiary/aromatic N) is 2. The van der Waals surface area contributed by atoms with Crippen molar-refractivity contribution < 1.29 is 14.3 Å². The molecule has 1 aromatic carbocycles. The number of fused-ring (bicyclic) bond motifs is 1. The number of piperidine rings is 1. The zero-order valence-electron chi connectivity index (χ0n) is 14.2. The predicted molar refractivity (Wildman–Crippen MR) is 91.7 cm³/mol. The van der Waals surface area contributed by atoms with Crippen molar-refractivity contribution in [3.05, 3.63) is 29.8 Å².